The van der Waals surface area contributed by atoms with Gasteiger partial charge in [0.2, 0.25) is 11.5 Å². The van der Waals surface area contributed by atoms with Gasteiger partial charge in [-0.1, -0.05) is 6.42 Å². The third-order valence-electron chi connectivity index (χ3n) is 6.16. The summed E-state index contributed by atoms with van der Waals surface area (Å²) in [5, 5.41) is 27.3. The molecule has 45 heavy (non-hydrogen) atoms. The molecule has 0 aliphatic carbocycles. The molecule has 0 spiro atoms. The maximum absolute atomic E-state index is 14.4. The number of anilines is 1. The fraction of sp³-hybridized carbons (Fsp3) is 0.667. The summed E-state index contributed by atoms with van der Waals surface area (Å²) in [6.07, 6.45) is -16.1. The lowest BCUT2D eigenvalue weighted by Crippen LogP contribution is -2.44. The van der Waals surface area contributed by atoms with Crippen LogP contribution in [-0.2, 0) is 21.3 Å². The van der Waals surface area contributed by atoms with Crippen molar-refractivity contribution in [1.29, 1.82) is 0 Å². The minimum atomic E-state index is -5.33. The van der Waals surface area contributed by atoms with Crippen molar-refractivity contribution in [2.75, 3.05) is 11.5 Å². The third kappa shape index (κ3) is 8.53. The minimum absolute atomic E-state index is 0.0460. The average Bonchev–Trinajstić information content (AvgIpc) is 3.34. The molecule has 0 saturated heterocycles. The molecule has 2 aromatic heterocycles. The van der Waals surface area contributed by atoms with Gasteiger partial charge in [0.1, 0.15) is 22.9 Å². The van der Waals surface area contributed by atoms with E-state index in [0.29, 0.717) is 0 Å². The van der Waals surface area contributed by atoms with Crippen molar-refractivity contribution in [2.24, 2.45) is 0 Å². The van der Waals surface area contributed by atoms with Crippen LogP contribution < -0.4 is 9.64 Å². The number of aliphatic hydroxyl groups excluding tert-OH is 1. The van der Waals surface area contributed by atoms with Gasteiger partial charge in [-0.3, -0.25) is 0 Å². The number of imide groups is 1. The van der Waals surface area contributed by atoms with Crippen LogP contribution in [0.4, 0.5) is 41.6 Å². The quantitative estimate of drug-likeness (QED) is 0.351. The molecule has 2 amide bonds. The van der Waals surface area contributed by atoms with E-state index in [1.807, 2.05) is 0 Å². The number of ether oxygens (including phenoxy) is 3. The Labute approximate surface area is 253 Å². The van der Waals surface area contributed by atoms with Crippen LogP contribution in [-0.4, -0.2) is 67.7 Å². The number of aliphatic hydroxyl groups is 2. The molecule has 2 aromatic rings. The Hall–Kier alpha value is -3.67. The Morgan fingerprint density at radius 1 is 0.978 bits per heavy atom. The Kier molecular flexibility index (Phi) is 10.0. The van der Waals surface area contributed by atoms with Crippen LogP contribution in [0.25, 0.3) is 11.6 Å². The molecule has 0 radical (unpaired) electrons. The normalized spacial score (nSPS) is 20.1. The fourth-order valence-corrected chi connectivity index (χ4v) is 4.12. The molecule has 1 aliphatic heterocycles. The summed E-state index contributed by atoms with van der Waals surface area (Å²) in [6.45, 7) is 7.60. The van der Waals surface area contributed by atoms with Gasteiger partial charge in [-0.05, 0) is 73.3 Å². The highest BCUT2D eigenvalue weighted by atomic mass is 19.4. The van der Waals surface area contributed by atoms with E-state index < -0.39 is 95.1 Å². The topological polar surface area (TPSA) is 157 Å². The third-order valence-corrected chi connectivity index (χ3v) is 6.16. The van der Waals surface area contributed by atoms with Crippen LogP contribution >= 0.6 is 0 Å². The first-order valence-corrected chi connectivity index (χ1v) is 13.8. The van der Waals surface area contributed by atoms with Gasteiger partial charge in [-0.25, -0.2) is 14.6 Å². The summed E-state index contributed by atoms with van der Waals surface area (Å²) in [5.74, 6) is -3.54. The molecule has 2 N–H and O–H groups in total. The van der Waals surface area contributed by atoms with Crippen molar-refractivity contribution in [3.05, 3.63) is 17.5 Å². The molecular formula is C27H34F6N4O8. The fourth-order valence-electron chi connectivity index (χ4n) is 4.12. The first-order valence-electron chi connectivity index (χ1n) is 13.8. The van der Waals surface area contributed by atoms with Gasteiger partial charge >= 0.3 is 24.5 Å². The number of aromatic nitrogens is 3. The Balaban J connectivity index is 2.43. The van der Waals surface area contributed by atoms with E-state index in [-0.39, 0.29) is 36.6 Å². The Morgan fingerprint density at radius 3 is 2.04 bits per heavy atom. The van der Waals surface area contributed by atoms with E-state index in [1.165, 1.54) is 41.5 Å². The molecule has 12 nitrogen and oxygen atoms in total. The van der Waals surface area contributed by atoms with Gasteiger partial charge in [0.15, 0.2) is 5.69 Å². The number of carbonyl (C=O) groups excluding carboxylic acids is 2. The lowest BCUT2D eigenvalue weighted by molar-refractivity contribution is -0.277. The number of fused-ring (bicyclic) bond motifs is 5. The van der Waals surface area contributed by atoms with Crippen LogP contribution in [0.2, 0.25) is 0 Å². The largest absolute Gasteiger partial charge is 0.471 e. The first kappa shape index (κ1) is 35.8. The number of amides is 2. The Bertz CT molecular complexity index is 1360. The predicted molar refractivity (Wildman–Crippen MR) is 142 cm³/mol. The SMILES string of the molecule is CC(C)(C)OC(=O)N(C(=O)OC(C)(C)C)c1cc(C(F)(F)F)c2nc1-c1nnc(o1)C(O)(C(F)(F)F)CCCCCC(CO)O2. The minimum Gasteiger partial charge on any atom is -0.471 e. The number of halogens is 6. The van der Waals surface area contributed by atoms with Gasteiger partial charge in [0, 0.05) is 0 Å². The van der Waals surface area contributed by atoms with E-state index in [4.69, 9.17) is 18.6 Å². The second-order valence-electron chi connectivity index (χ2n) is 12.3. The number of carbonyl (C=O) groups is 2. The number of alkyl halides is 6. The molecule has 1 aliphatic rings. The second kappa shape index (κ2) is 12.6. The van der Waals surface area contributed by atoms with E-state index in [2.05, 4.69) is 15.2 Å². The zero-order valence-corrected chi connectivity index (χ0v) is 25.3. The van der Waals surface area contributed by atoms with Gasteiger partial charge in [-0.2, -0.15) is 31.2 Å². The lowest BCUT2D eigenvalue weighted by Gasteiger charge is -2.30. The maximum Gasteiger partial charge on any atom is 0.426 e. The molecule has 2 atom stereocenters. The van der Waals surface area contributed by atoms with E-state index in [9.17, 15) is 46.1 Å². The highest BCUT2D eigenvalue weighted by molar-refractivity contribution is 6.11. The molecule has 252 valence electrons. The first-order chi connectivity index (χ1) is 20.5. The molecule has 0 saturated carbocycles. The standard InChI is InChI=1S/C27H34F6N4O8/c1-23(2,3)44-21(39)37(22(40)45-24(4,5)6)16-12-15(26(28,29)30)18-34-17(16)19-35-36-20(43-19)25(41,27(31,32)33)11-9-7-8-10-14(13-38)42-18/h12,14,38,41H,7-11,13H2,1-6H3. The van der Waals surface area contributed by atoms with Crippen LogP contribution in [0, 0.1) is 0 Å². The van der Waals surface area contributed by atoms with Crippen LogP contribution in [0.3, 0.4) is 0 Å². The molecule has 0 fully saturated rings. The summed E-state index contributed by atoms with van der Waals surface area (Å²) >= 11 is 0. The molecule has 4 bridgehead atoms. The molecular weight excluding hydrogens is 622 g/mol. The number of pyridine rings is 1. The van der Waals surface area contributed by atoms with E-state index >= 15 is 0 Å². The molecule has 0 aromatic carbocycles. The average molecular weight is 657 g/mol. The summed E-state index contributed by atoms with van der Waals surface area (Å²) in [7, 11) is 0. The van der Waals surface area contributed by atoms with Crippen LogP contribution in [0.15, 0.2) is 10.5 Å². The number of hydrogen-bond acceptors (Lipinski definition) is 11. The number of nitrogens with zero attached hydrogens (tertiary/aromatic N) is 4. The van der Waals surface area contributed by atoms with Crippen molar-refractivity contribution >= 4 is 17.9 Å². The van der Waals surface area contributed by atoms with Crippen LogP contribution in [0.1, 0.15) is 85.1 Å². The van der Waals surface area contributed by atoms with Crippen molar-refractivity contribution in [3.63, 3.8) is 0 Å². The van der Waals surface area contributed by atoms with E-state index in [0.717, 1.165) is 0 Å². The second-order valence-corrected chi connectivity index (χ2v) is 12.3. The maximum atomic E-state index is 14.4. The van der Waals surface area contributed by atoms with Crippen molar-refractivity contribution < 1.29 is 64.8 Å². The monoisotopic (exact) mass is 656 g/mol. The summed E-state index contributed by atoms with van der Waals surface area (Å²) in [5.41, 5.74) is -9.85. The molecule has 3 heterocycles. The number of rotatable bonds is 2. The molecule has 2 unspecified atom stereocenters. The van der Waals surface area contributed by atoms with Crippen molar-refractivity contribution in [2.45, 2.75) is 109 Å². The van der Waals surface area contributed by atoms with Gasteiger partial charge in [0.25, 0.3) is 11.8 Å². The zero-order valence-electron chi connectivity index (χ0n) is 25.3. The Morgan fingerprint density at radius 2 is 1.56 bits per heavy atom. The van der Waals surface area contributed by atoms with Crippen molar-refractivity contribution in [1.82, 2.24) is 15.2 Å². The van der Waals surface area contributed by atoms with Gasteiger partial charge in [0.05, 0.1) is 12.3 Å². The predicted octanol–water partition coefficient (Wildman–Crippen LogP) is 6.28. The lowest BCUT2D eigenvalue weighted by atomic mass is 9.94. The highest BCUT2D eigenvalue weighted by Crippen LogP contribution is 2.46. The summed E-state index contributed by atoms with van der Waals surface area (Å²) in [6, 6.07) is 0.256. The number of hydrogen-bond donors (Lipinski definition) is 2. The van der Waals surface area contributed by atoms with Gasteiger partial charge < -0.3 is 28.8 Å². The zero-order chi connectivity index (χ0) is 34.2. The smallest absolute Gasteiger partial charge is 0.426 e. The van der Waals surface area contributed by atoms with Gasteiger partial charge in [-0.15, -0.1) is 10.2 Å². The van der Waals surface area contributed by atoms with Crippen molar-refractivity contribution in [3.8, 4) is 17.5 Å². The summed E-state index contributed by atoms with van der Waals surface area (Å²) < 4.78 is 107. The van der Waals surface area contributed by atoms with E-state index in [1.54, 1.807) is 0 Å². The molecule has 3 rings (SSSR count). The molecule has 18 heteroatoms. The van der Waals surface area contributed by atoms with Crippen LogP contribution in [0.5, 0.6) is 5.88 Å². The highest BCUT2D eigenvalue weighted by Gasteiger charge is 2.58. The summed E-state index contributed by atoms with van der Waals surface area (Å²) in [4.78, 5) is 30.5.